The van der Waals surface area contributed by atoms with Gasteiger partial charge in [0.05, 0.1) is 4.53 Å². The second kappa shape index (κ2) is 7.81. The number of carbonyl (C=O) groups is 1. The molecule has 0 saturated carbocycles. The zero-order chi connectivity index (χ0) is 20.4. The molecule has 0 bridgehead atoms. The van der Waals surface area contributed by atoms with Gasteiger partial charge in [-0.25, -0.2) is 9.97 Å². The summed E-state index contributed by atoms with van der Waals surface area (Å²) in [5, 5.41) is 0. The van der Waals surface area contributed by atoms with Gasteiger partial charge in [0.1, 0.15) is 16.8 Å². The zero-order valence-corrected chi connectivity index (χ0v) is 16.8. The fraction of sp³-hybridized carbons (Fsp3) is 0.0909. The van der Waals surface area contributed by atoms with Gasteiger partial charge in [-0.3, -0.25) is 14.2 Å². The number of aromatic nitrogens is 4. The number of thiazole rings is 1. The minimum Gasteiger partial charge on any atom is -0.302 e. The van der Waals surface area contributed by atoms with Crippen molar-refractivity contribution in [1.29, 1.82) is 0 Å². The van der Waals surface area contributed by atoms with Crippen LogP contribution < -0.4 is 14.8 Å². The Hall–Kier alpha value is -3.58. The summed E-state index contributed by atoms with van der Waals surface area (Å²) in [6.07, 6.45) is 10.2. The maximum absolute atomic E-state index is 12.6. The van der Waals surface area contributed by atoms with Crippen LogP contribution in [0.2, 0.25) is 0 Å². The number of ketones is 1. The molecule has 29 heavy (non-hydrogen) atoms. The summed E-state index contributed by atoms with van der Waals surface area (Å²) in [6.45, 7) is 1.90. The number of pyridine rings is 1. The van der Waals surface area contributed by atoms with Crippen molar-refractivity contribution in [2.24, 2.45) is 7.05 Å². The zero-order valence-electron chi connectivity index (χ0n) is 15.9. The molecule has 0 saturated heterocycles. The summed E-state index contributed by atoms with van der Waals surface area (Å²) >= 11 is 1.29. The molecule has 144 valence electrons. The summed E-state index contributed by atoms with van der Waals surface area (Å²) in [5.41, 5.74) is 2.21. The molecule has 0 aliphatic rings. The molecule has 0 amide bonds. The number of nitrogens with zero attached hydrogens (tertiary/aromatic N) is 4. The summed E-state index contributed by atoms with van der Waals surface area (Å²) in [4.78, 5) is 33.6. The van der Waals surface area contributed by atoms with E-state index in [0.29, 0.717) is 14.8 Å². The highest BCUT2D eigenvalue weighted by molar-refractivity contribution is 7.07. The van der Waals surface area contributed by atoms with Crippen molar-refractivity contribution in [3.05, 3.63) is 97.6 Å². The van der Waals surface area contributed by atoms with Gasteiger partial charge < -0.3 is 4.57 Å². The number of hydrogen-bond acceptors (Lipinski definition) is 5. The number of Topliss-reactive ketones (excluding diaryl/α,β-unsaturated/α-hetero) is 1. The predicted molar refractivity (Wildman–Crippen MR) is 114 cm³/mol. The number of imidazole rings is 1. The predicted octanol–water partition coefficient (Wildman–Crippen LogP) is 1.83. The minimum atomic E-state index is -0.141. The molecule has 3 aromatic heterocycles. The molecule has 0 aliphatic carbocycles. The molecule has 0 radical (unpaired) electrons. The SMILES string of the molecule is Cc1ccccc1C(=O)/C=c1/s/c(=C/c2ccc(-n3ccnc3)nc2)c(=O)n1C. The Bertz CT molecular complexity index is 1350. The van der Waals surface area contributed by atoms with Gasteiger partial charge in [0, 0.05) is 37.3 Å². The van der Waals surface area contributed by atoms with Crippen molar-refractivity contribution >= 4 is 29.3 Å². The van der Waals surface area contributed by atoms with E-state index in [1.54, 1.807) is 42.5 Å². The molecule has 4 aromatic rings. The van der Waals surface area contributed by atoms with E-state index in [0.717, 1.165) is 16.9 Å². The van der Waals surface area contributed by atoms with Gasteiger partial charge >= 0.3 is 0 Å². The van der Waals surface area contributed by atoms with Crippen LogP contribution in [0.25, 0.3) is 18.0 Å². The average Bonchev–Trinajstić information content (AvgIpc) is 3.34. The van der Waals surface area contributed by atoms with Crippen LogP contribution in [0, 0.1) is 6.92 Å². The minimum absolute atomic E-state index is 0.113. The largest absolute Gasteiger partial charge is 0.302 e. The monoisotopic (exact) mass is 402 g/mol. The van der Waals surface area contributed by atoms with Crippen LogP contribution >= 0.6 is 11.3 Å². The van der Waals surface area contributed by atoms with Crippen LogP contribution in [0.4, 0.5) is 0 Å². The van der Waals surface area contributed by atoms with E-state index in [1.165, 1.54) is 22.0 Å². The van der Waals surface area contributed by atoms with Crippen LogP contribution in [0.3, 0.4) is 0 Å². The average molecular weight is 402 g/mol. The van der Waals surface area contributed by atoms with Crippen molar-refractivity contribution < 1.29 is 4.79 Å². The van der Waals surface area contributed by atoms with Gasteiger partial charge in [-0.05, 0) is 36.3 Å². The van der Waals surface area contributed by atoms with Gasteiger partial charge in [0.25, 0.3) is 5.56 Å². The quantitative estimate of drug-likeness (QED) is 0.489. The second-order valence-electron chi connectivity index (χ2n) is 6.56. The van der Waals surface area contributed by atoms with E-state index < -0.39 is 0 Å². The Morgan fingerprint density at radius 3 is 2.69 bits per heavy atom. The van der Waals surface area contributed by atoms with Crippen molar-refractivity contribution in [2.45, 2.75) is 6.92 Å². The Morgan fingerprint density at radius 1 is 1.17 bits per heavy atom. The Morgan fingerprint density at radius 2 is 2.00 bits per heavy atom. The highest BCUT2D eigenvalue weighted by atomic mass is 32.1. The van der Waals surface area contributed by atoms with Crippen LogP contribution in [0.15, 0.2) is 66.1 Å². The van der Waals surface area contributed by atoms with Crippen LogP contribution in [0.1, 0.15) is 21.5 Å². The lowest BCUT2D eigenvalue weighted by Crippen LogP contribution is -2.29. The summed E-state index contributed by atoms with van der Waals surface area (Å²) in [5.74, 6) is 0.634. The maximum atomic E-state index is 12.6. The van der Waals surface area contributed by atoms with E-state index >= 15 is 0 Å². The molecular formula is C22H18N4O2S. The highest BCUT2D eigenvalue weighted by Crippen LogP contribution is 2.08. The molecule has 6 nitrogen and oxygen atoms in total. The summed E-state index contributed by atoms with van der Waals surface area (Å²) in [7, 11) is 1.67. The molecule has 0 unspecified atom stereocenters. The standard InChI is InChI=1S/C22H18N4O2S/c1-15-5-3-4-6-17(15)18(27)12-21-25(2)22(28)19(29-21)11-16-7-8-20(24-13-16)26-10-9-23-14-26/h3-14H,1-2H3/b19-11+,21-12+. The highest BCUT2D eigenvalue weighted by Gasteiger charge is 2.08. The van der Waals surface area contributed by atoms with Crippen LogP contribution in [-0.4, -0.2) is 24.9 Å². The Kier molecular flexibility index (Phi) is 5.05. The Labute approximate surface area is 170 Å². The van der Waals surface area contributed by atoms with Crippen molar-refractivity contribution in [2.75, 3.05) is 0 Å². The van der Waals surface area contributed by atoms with Gasteiger partial charge in [-0.1, -0.05) is 24.3 Å². The smallest absolute Gasteiger partial charge is 0.268 e. The van der Waals surface area contributed by atoms with Gasteiger partial charge in [-0.15, -0.1) is 11.3 Å². The third-order valence-electron chi connectivity index (χ3n) is 4.56. The Balaban J connectivity index is 1.70. The maximum Gasteiger partial charge on any atom is 0.268 e. The van der Waals surface area contributed by atoms with E-state index in [-0.39, 0.29) is 11.3 Å². The molecule has 0 atom stereocenters. The van der Waals surface area contributed by atoms with Crippen molar-refractivity contribution in [3.63, 3.8) is 0 Å². The third kappa shape index (κ3) is 3.86. The van der Waals surface area contributed by atoms with Gasteiger partial charge in [0.15, 0.2) is 5.78 Å². The van der Waals surface area contributed by atoms with E-state index in [4.69, 9.17) is 0 Å². The number of hydrogen-bond donors (Lipinski definition) is 0. The normalized spacial score (nSPS) is 12.5. The molecule has 0 N–H and O–H groups in total. The number of aryl methyl sites for hydroxylation is 1. The van der Waals surface area contributed by atoms with Crippen molar-refractivity contribution in [1.82, 2.24) is 19.1 Å². The number of rotatable bonds is 4. The first kappa shape index (κ1) is 18.8. The van der Waals surface area contributed by atoms with E-state index in [2.05, 4.69) is 9.97 Å². The van der Waals surface area contributed by atoms with E-state index in [1.807, 2.05) is 43.5 Å². The lowest BCUT2D eigenvalue weighted by atomic mass is 10.1. The third-order valence-corrected chi connectivity index (χ3v) is 5.68. The second-order valence-corrected chi connectivity index (χ2v) is 7.62. The van der Waals surface area contributed by atoms with Crippen LogP contribution in [0.5, 0.6) is 0 Å². The first-order valence-electron chi connectivity index (χ1n) is 8.96. The van der Waals surface area contributed by atoms with Gasteiger partial charge in [0.2, 0.25) is 0 Å². The molecule has 0 spiro atoms. The molecule has 0 aliphatic heterocycles. The first-order valence-corrected chi connectivity index (χ1v) is 9.78. The summed E-state index contributed by atoms with van der Waals surface area (Å²) in [6, 6.07) is 11.2. The molecule has 1 aromatic carbocycles. The molecular weight excluding hydrogens is 384 g/mol. The molecule has 7 heteroatoms. The lowest BCUT2D eigenvalue weighted by molar-refractivity contribution is 0.106. The first-order chi connectivity index (χ1) is 14.0. The molecule has 4 rings (SSSR count). The summed E-state index contributed by atoms with van der Waals surface area (Å²) < 4.78 is 4.46. The fourth-order valence-corrected chi connectivity index (χ4v) is 3.96. The number of benzene rings is 1. The fourth-order valence-electron chi connectivity index (χ4n) is 2.93. The lowest BCUT2D eigenvalue weighted by Gasteiger charge is -2.00. The van der Waals surface area contributed by atoms with Crippen molar-refractivity contribution in [3.8, 4) is 5.82 Å². The number of carbonyl (C=O) groups excluding carboxylic acids is 1. The molecule has 3 heterocycles. The van der Waals surface area contributed by atoms with E-state index in [9.17, 15) is 9.59 Å². The van der Waals surface area contributed by atoms with Gasteiger partial charge in [-0.2, -0.15) is 0 Å². The molecule has 0 fully saturated rings. The van der Waals surface area contributed by atoms with Crippen LogP contribution in [-0.2, 0) is 7.05 Å². The topological polar surface area (TPSA) is 69.8 Å².